The Hall–Kier alpha value is -1.91. The van der Waals surface area contributed by atoms with Crippen molar-refractivity contribution < 1.29 is 14.0 Å². The maximum atomic E-state index is 12.9. The van der Waals surface area contributed by atoms with Gasteiger partial charge < -0.3 is 9.80 Å². The smallest absolute Gasteiger partial charge is 0.227 e. The molecule has 124 valence electrons. The molecule has 0 spiro atoms. The lowest BCUT2D eigenvalue weighted by Crippen LogP contribution is -2.52. The van der Waals surface area contributed by atoms with Crippen LogP contribution in [0.5, 0.6) is 0 Å². The van der Waals surface area contributed by atoms with Crippen LogP contribution in [0.2, 0.25) is 0 Å². The van der Waals surface area contributed by atoms with Gasteiger partial charge >= 0.3 is 0 Å². The Bertz CT molecular complexity index is 559. The van der Waals surface area contributed by atoms with E-state index in [1.807, 2.05) is 9.80 Å². The summed E-state index contributed by atoms with van der Waals surface area (Å²) in [5, 5.41) is 0. The minimum absolute atomic E-state index is 0.0459. The molecule has 0 unspecified atom stereocenters. The SMILES string of the molecule is O=C(Cc1ccc(F)cc1)N1CCN(C(=O)C2CCCC2)CC1. The van der Waals surface area contributed by atoms with Gasteiger partial charge in [0.1, 0.15) is 5.82 Å². The first kappa shape index (κ1) is 16.0. The molecule has 0 aromatic heterocycles. The molecule has 1 aliphatic heterocycles. The summed E-state index contributed by atoms with van der Waals surface area (Å²) in [5.74, 6) is 0.231. The average Bonchev–Trinajstić information content (AvgIpc) is 3.11. The van der Waals surface area contributed by atoms with Gasteiger partial charge in [0.05, 0.1) is 6.42 Å². The summed E-state index contributed by atoms with van der Waals surface area (Å²) in [5.41, 5.74) is 0.820. The minimum atomic E-state index is -0.291. The van der Waals surface area contributed by atoms with Crippen molar-refractivity contribution in [3.63, 3.8) is 0 Å². The Morgan fingerprint density at radius 3 is 2.13 bits per heavy atom. The number of hydrogen-bond acceptors (Lipinski definition) is 2. The van der Waals surface area contributed by atoms with Crippen LogP contribution >= 0.6 is 0 Å². The Kier molecular flexibility index (Phi) is 4.94. The van der Waals surface area contributed by atoms with Crippen LogP contribution in [0.1, 0.15) is 31.2 Å². The fraction of sp³-hybridized carbons (Fsp3) is 0.556. The number of nitrogens with zero attached hydrogens (tertiary/aromatic N) is 2. The van der Waals surface area contributed by atoms with Crippen LogP contribution in [0, 0.1) is 11.7 Å². The second-order valence-electron chi connectivity index (χ2n) is 6.49. The molecular formula is C18H23FN2O2. The molecule has 2 aliphatic rings. The number of amides is 2. The third kappa shape index (κ3) is 3.89. The van der Waals surface area contributed by atoms with E-state index in [-0.39, 0.29) is 30.0 Å². The van der Waals surface area contributed by atoms with Gasteiger partial charge in [0.15, 0.2) is 0 Å². The van der Waals surface area contributed by atoms with E-state index >= 15 is 0 Å². The largest absolute Gasteiger partial charge is 0.339 e. The van der Waals surface area contributed by atoms with Gasteiger partial charge in [0, 0.05) is 32.1 Å². The first-order valence-electron chi connectivity index (χ1n) is 8.44. The van der Waals surface area contributed by atoms with Crippen LogP contribution in [0.3, 0.4) is 0 Å². The molecule has 2 fully saturated rings. The van der Waals surface area contributed by atoms with E-state index in [4.69, 9.17) is 0 Å². The molecule has 5 heteroatoms. The standard InChI is InChI=1S/C18H23FN2O2/c19-16-7-5-14(6-8-16)13-17(22)20-9-11-21(12-10-20)18(23)15-3-1-2-4-15/h5-8,15H,1-4,9-13H2. The highest BCUT2D eigenvalue weighted by atomic mass is 19.1. The van der Waals surface area contributed by atoms with Gasteiger partial charge in [0.25, 0.3) is 0 Å². The fourth-order valence-corrected chi connectivity index (χ4v) is 3.50. The van der Waals surface area contributed by atoms with Crippen LogP contribution < -0.4 is 0 Å². The molecule has 1 aromatic carbocycles. The van der Waals surface area contributed by atoms with Crippen LogP contribution in [-0.2, 0) is 16.0 Å². The second kappa shape index (κ2) is 7.11. The predicted molar refractivity (Wildman–Crippen MR) is 85.2 cm³/mol. The van der Waals surface area contributed by atoms with Crippen LogP contribution in [0.25, 0.3) is 0 Å². The fourth-order valence-electron chi connectivity index (χ4n) is 3.50. The van der Waals surface area contributed by atoms with E-state index in [0.717, 1.165) is 31.2 Å². The second-order valence-corrected chi connectivity index (χ2v) is 6.49. The van der Waals surface area contributed by atoms with E-state index in [0.29, 0.717) is 26.2 Å². The molecule has 3 rings (SSSR count). The quantitative estimate of drug-likeness (QED) is 0.857. The summed E-state index contributed by atoms with van der Waals surface area (Å²) in [7, 11) is 0. The van der Waals surface area contributed by atoms with Crippen molar-refractivity contribution >= 4 is 11.8 Å². The van der Waals surface area contributed by atoms with E-state index < -0.39 is 0 Å². The summed E-state index contributed by atoms with van der Waals surface area (Å²) in [4.78, 5) is 28.4. The molecular weight excluding hydrogens is 295 g/mol. The molecule has 2 amide bonds. The van der Waals surface area contributed by atoms with Gasteiger partial charge in [0.2, 0.25) is 11.8 Å². The average molecular weight is 318 g/mol. The summed E-state index contributed by atoms with van der Waals surface area (Å²) in [6.07, 6.45) is 4.64. The molecule has 1 aliphatic carbocycles. The summed E-state index contributed by atoms with van der Waals surface area (Å²) >= 11 is 0. The zero-order valence-electron chi connectivity index (χ0n) is 13.3. The van der Waals surface area contributed by atoms with Crippen molar-refractivity contribution in [2.75, 3.05) is 26.2 Å². The first-order valence-corrected chi connectivity index (χ1v) is 8.44. The lowest BCUT2D eigenvalue weighted by atomic mass is 10.1. The molecule has 1 saturated carbocycles. The molecule has 0 N–H and O–H groups in total. The van der Waals surface area contributed by atoms with Gasteiger partial charge in [-0.1, -0.05) is 25.0 Å². The lowest BCUT2D eigenvalue weighted by molar-refractivity contribution is -0.141. The van der Waals surface area contributed by atoms with E-state index in [9.17, 15) is 14.0 Å². The van der Waals surface area contributed by atoms with Crippen molar-refractivity contribution in [1.82, 2.24) is 9.80 Å². The van der Waals surface area contributed by atoms with Gasteiger partial charge in [-0.25, -0.2) is 4.39 Å². The van der Waals surface area contributed by atoms with Crippen molar-refractivity contribution in [2.45, 2.75) is 32.1 Å². The number of benzene rings is 1. The number of carbonyl (C=O) groups is 2. The van der Waals surface area contributed by atoms with Crippen molar-refractivity contribution in [3.8, 4) is 0 Å². The zero-order valence-corrected chi connectivity index (χ0v) is 13.3. The number of hydrogen-bond donors (Lipinski definition) is 0. The summed E-state index contributed by atoms with van der Waals surface area (Å²) in [6, 6.07) is 6.04. The number of rotatable bonds is 3. The van der Waals surface area contributed by atoms with E-state index in [2.05, 4.69) is 0 Å². The molecule has 0 radical (unpaired) electrons. The van der Waals surface area contributed by atoms with Gasteiger partial charge in [-0.3, -0.25) is 9.59 Å². The van der Waals surface area contributed by atoms with Gasteiger partial charge in [-0.05, 0) is 30.5 Å². The highest BCUT2D eigenvalue weighted by Gasteiger charge is 2.30. The normalized spacial score (nSPS) is 19.2. The molecule has 4 nitrogen and oxygen atoms in total. The lowest BCUT2D eigenvalue weighted by Gasteiger charge is -2.36. The molecule has 0 atom stereocenters. The molecule has 0 bridgehead atoms. The third-order valence-corrected chi connectivity index (χ3v) is 4.92. The van der Waals surface area contributed by atoms with Crippen LogP contribution in [-0.4, -0.2) is 47.8 Å². The third-order valence-electron chi connectivity index (χ3n) is 4.92. The minimum Gasteiger partial charge on any atom is -0.339 e. The maximum Gasteiger partial charge on any atom is 0.227 e. The Labute approximate surface area is 136 Å². The summed E-state index contributed by atoms with van der Waals surface area (Å²) < 4.78 is 12.9. The monoisotopic (exact) mass is 318 g/mol. The van der Waals surface area contributed by atoms with Crippen molar-refractivity contribution in [3.05, 3.63) is 35.6 Å². The molecule has 1 saturated heterocycles. The van der Waals surface area contributed by atoms with Crippen LogP contribution in [0.4, 0.5) is 4.39 Å². The molecule has 1 heterocycles. The van der Waals surface area contributed by atoms with E-state index in [1.54, 1.807) is 12.1 Å². The van der Waals surface area contributed by atoms with Crippen molar-refractivity contribution in [2.24, 2.45) is 5.92 Å². The number of carbonyl (C=O) groups excluding carboxylic acids is 2. The number of piperazine rings is 1. The Morgan fingerprint density at radius 1 is 0.957 bits per heavy atom. The molecule has 1 aromatic rings. The molecule has 23 heavy (non-hydrogen) atoms. The van der Waals surface area contributed by atoms with Crippen molar-refractivity contribution in [1.29, 1.82) is 0 Å². The summed E-state index contributed by atoms with van der Waals surface area (Å²) in [6.45, 7) is 2.45. The Morgan fingerprint density at radius 2 is 1.52 bits per heavy atom. The highest BCUT2D eigenvalue weighted by molar-refractivity contribution is 5.81. The van der Waals surface area contributed by atoms with Gasteiger partial charge in [-0.2, -0.15) is 0 Å². The predicted octanol–water partition coefficient (Wildman–Crippen LogP) is 2.23. The van der Waals surface area contributed by atoms with Crippen LogP contribution in [0.15, 0.2) is 24.3 Å². The topological polar surface area (TPSA) is 40.6 Å². The highest BCUT2D eigenvalue weighted by Crippen LogP contribution is 2.27. The van der Waals surface area contributed by atoms with E-state index in [1.165, 1.54) is 12.1 Å². The zero-order chi connectivity index (χ0) is 16.2. The number of halogens is 1. The van der Waals surface area contributed by atoms with Gasteiger partial charge in [-0.15, -0.1) is 0 Å². The maximum absolute atomic E-state index is 12.9. The Balaban J connectivity index is 1.49. The first-order chi connectivity index (χ1) is 11.1.